The second-order valence-corrected chi connectivity index (χ2v) is 5.65. The molecule has 0 saturated carbocycles. The normalized spacial score (nSPS) is 10.6. The molecule has 116 valence electrons. The van der Waals surface area contributed by atoms with E-state index in [1.807, 2.05) is 45.0 Å². The van der Waals surface area contributed by atoms with E-state index in [4.69, 9.17) is 0 Å². The van der Waals surface area contributed by atoms with Gasteiger partial charge in [-0.2, -0.15) is 0 Å². The van der Waals surface area contributed by atoms with Crippen molar-refractivity contribution in [3.05, 3.63) is 53.0 Å². The first-order valence-corrected chi connectivity index (χ1v) is 7.40. The predicted octanol–water partition coefficient (Wildman–Crippen LogP) is 2.84. The van der Waals surface area contributed by atoms with Gasteiger partial charge in [0.2, 0.25) is 0 Å². The Morgan fingerprint density at radius 1 is 1.14 bits per heavy atom. The number of anilines is 1. The molecule has 0 saturated heterocycles. The molecule has 2 N–H and O–H groups in total. The first-order valence-electron chi connectivity index (χ1n) is 7.40. The van der Waals surface area contributed by atoms with E-state index in [1.165, 1.54) is 5.56 Å². The quantitative estimate of drug-likeness (QED) is 0.890. The molecule has 2 rings (SSSR count). The van der Waals surface area contributed by atoms with E-state index in [-0.39, 0.29) is 11.9 Å². The van der Waals surface area contributed by atoms with E-state index in [2.05, 4.69) is 20.6 Å². The van der Waals surface area contributed by atoms with Crippen LogP contribution in [0, 0.1) is 13.8 Å². The summed E-state index contributed by atoms with van der Waals surface area (Å²) in [6.07, 6.45) is 0. The van der Waals surface area contributed by atoms with Gasteiger partial charge in [0.15, 0.2) is 0 Å². The minimum Gasteiger partial charge on any atom is -0.368 e. The van der Waals surface area contributed by atoms with E-state index in [0.717, 1.165) is 5.56 Å². The SMILES string of the molecule is Cc1ccc(CNC(=O)c2cc(NC(C)C)nc(C)n2)cc1. The summed E-state index contributed by atoms with van der Waals surface area (Å²) in [4.78, 5) is 20.7. The van der Waals surface area contributed by atoms with Gasteiger partial charge in [0.05, 0.1) is 0 Å². The Hall–Kier alpha value is -2.43. The molecule has 1 aromatic heterocycles. The molecule has 0 atom stereocenters. The average Bonchev–Trinajstić information content (AvgIpc) is 2.45. The van der Waals surface area contributed by atoms with Crippen LogP contribution in [0.4, 0.5) is 5.82 Å². The van der Waals surface area contributed by atoms with E-state index in [1.54, 1.807) is 13.0 Å². The molecule has 0 aliphatic rings. The number of hydrogen-bond donors (Lipinski definition) is 2. The number of aryl methyl sites for hydroxylation is 2. The summed E-state index contributed by atoms with van der Waals surface area (Å²) in [5.74, 6) is 1.05. The third-order valence-electron chi connectivity index (χ3n) is 3.08. The molecule has 0 unspecified atom stereocenters. The first-order chi connectivity index (χ1) is 10.4. The van der Waals surface area contributed by atoms with Gasteiger partial charge in [-0.25, -0.2) is 9.97 Å². The number of nitrogens with zero attached hydrogens (tertiary/aromatic N) is 2. The Balaban J connectivity index is 2.05. The molecule has 0 aliphatic heterocycles. The topological polar surface area (TPSA) is 66.9 Å². The minimum atomic E-state index is -0.196. The molecule has 0 spiro atoms. The maximum atomic E-state index is 12.2. The van der Waals surface area contributed by atoms with E-state index < -0.39 is 0 Å². The Kier molecular flexibility index (Phi) is 5.09. The predicted molar refractivity (Wildman–Crippen MR) is 87.9 cm³/mol. The van der Waals surface area contributed by atoms with Gasteiger partial charge in [0, 0.05) is 18.7 Å². The average molecular weight is 298 g/mol. The van der Waals surface area contributed by atoms with Gasteiger partial charge >= 0.3 is 0 Å². The molecule has 1 amide bonds. The van der Waals surface area contributed by atoms with Crippen molar-refractivity contribution in [3.8, 4) is 0 Å². The fraction of sp³-hybridized carbons (Fsp3) is 0.353. The Labute approximate surface area is 131 Å². The van der Waals surface area contributed by atoms with Gasteiger partial charge in [-0.3, -0.25) is 4.79 Å². The third-order valence-corrected chi connectivity index (χ3v) is 3.08. The van der Waals surface area contributed by atoms with Crippen molar-refractivity contribution in [2.24, 2.45) is 0 Å². The van der Waals surface area contributed by atoms with Crippen LogP contribution in [-0.4, -0.2) is 21.9 Å². The highest BCUT2D eigenvalue weighted by atomic mass is 16.1. The summed E-state index contributed by atoms with van der Waals surface area (Å²) >= 11 is 0. The van der Waals surface area contributed by atoms with Crippen LogP contribution in [0.1, 0.15) is 41.3 Å². The standard InChI is InChI=1S/C17H22N4O/c1-11(2)19-16-9-15(20-13(4)21-16)17(22)18-10-14-7-5-12(3)6-8-14/h5-9,11H,10H2,1-4H3,(H,18,22)(H,19,20,21). The highest BCUT2D eigenvalue weighted by Gasteiger charge is 2.10. The molecular formula is C17H22N4O. The summed E-state index contributed by atoms with van der Waals surface area (Å²) in [7, 11) is 0. The number of carbonyl (C=O) groups is 1. The number of benzene rings is 1. The van der Waals surface area contributed by atoms with Gasteiger partial charge in [0.25, 0.3) is 5.91 Å². The largest absolute Gasteiger partial charge is 0.368 e. The summed E-state index contributed by atoms with van der Waals surface area (Å²) in [5, 5.41) is 6.08. The van der Waals surface area contributed by atoms with Crippen LogP contribution in [0.3, 0.4) is 0 Å². The van der Waals surface area contributed by atoms with Gasteiger partial charge < -0.3 is 10.6 Å². The molecule has 0 fully saturated rings. The number of carbonyl (C=O) groups excluding carboxylic acids is 1. The minimum absolute atomic E-state index is 0.196. The Morgan fingerprint density at radius 3 is 2.45 bits per heavy atom. The van der Waals surface area contributed by atoms with Crippen molar-refractivity contribution < 1.29 is 4.79 Å². The summed E-state index contributed by atoms with van der Waals surface area (Å²) in [6.45, 7) is 8.34. The van der Waals surface area contributed by atoms with E-state index in [9.17, 15) is 4.79 Å². The number of hydrogen-bond acceptors (Lipinski definition) is 4. The summed E-state index contributed by atoms with van der Waals surface area (Å²) in [6, 6.07) is 10.00. The van der Waals surface area contributed by atoms with E-state index >= 15 is 0 Å². The Bertz CT molecular complexity index is 650. The molecule has 0 aliphatic carbocycles. The van der Waals surface area contributed by atoms with Crippen LogP contribution in [-0.2, 0) is 6.54 Å². The second-order valence-electron chi connectivity index (χ2n) is 5.65. The molecule has 5 heteroatoms. The third kappa shape index (κ3) is 4.55. The lowest BCUT2D eigenvalue weighted by Gasteiger charge is -2.11. The lowest BCUT2D eigenvalue weighted by atomic mass is 10.1. The van der Waals surface area contributed by atoms with Crippen LogP contribution in [0.5, 0.6) is 0 Å². The van der Waals surface area contributed by atoms with Crippen LogP contribution >= 0.6 is 0 Å². The maximum absolute atomic E-state index is 12.2. The molecule has 5 nitrogen and oxygen atoms in total. The Morgan fingerprint density at radius 2 is 1.82 bits per heavy atom. The second kappa shape index (κ2) is 7.02. The van der Waals surface area contributed by atoms with Crippen LogP contribution < -0.4 is 10.6 Å². The van der Waals surface area contributed by atoms with Crippen LogP contribution in [0.15, 0.2) is 30.3 Å². The van der Waals surface area contributed by atoms with Gasteiger partial charge in [-0.15, -0.1) is 0 Å². The van der Waals surface area contributed by atoms with Crippen LogP contribution in [0.2, 0.25) is 0 Å². The van der Waals surface area contributed by atoms with Gasteiger partial charge in [-0.05, 0) is 33.3 Å². The zero-order valence-electron chi connectivity index (χ0n) is 13.5. The van der Waals surface area contributed by atoms with Crippen molar-refractivity contribution in [1.82, 2.24) is 15.3 Å². The highest BCUT2D eigenvalue weighted by Crippen LogP contribution is 2.09. The monoisotopic (exact) mass is 298 g/mol. The lowest BCUT2D eigenvalue weighted by Crippen LogP contribution is -2.25. The molecule has 1 heterocycles. The fourth-order valence-corrected chi connectivity index (χ4v) is 2.03. The molecular weight excluding hydrogens is 276 g/mol. The van der Waals surface area contributed by atoms with Crippen molar-refractivity contribution >= 4 is 11.7 Å². The zero-order valence-corrected chi connectivity index (χ0v) is 13.5. The maximum Gasteiger partial charge on any atom is 0.270 e. The number of rotatable bonds is 5. The van der Waals surface area contributed by atoms with Crippen molar-refractivity contribution in [3.63, 3.8) is 0 Å². The van der Waals surface area contributed by atoms with Crippen molar-refractivity contribution in [2.45, 2.75) is 40.3 Å². The smallest absolute Gasteiger partial charge is 0.270 e. The van der Waals surface area contributed by atoms with Crippen molar-refractivity contribution in [1.29, 1.82) is 0 Å². The zero-order chi connectivity index (χ0) is 16.1. The van der Waals surface area contributed by atoms with Crippen LogP contribution in [0.25, 0.3) is 0 Å². The lowest BCUT2D eigenvalue weighted by molar-refractivity contribution is 0.0945. The molecule has 1 aromatic carbocycles. The number of amides is 1. The summed E-state index contributed by atoms with van der Waals surface area (Å²) < 4.78 is 0. The van der Waals surface area contributed by atoms with Crippen molar-refractivity contribution in [2.75, 3.05) is 5.32 Å². The molecule has 0 radical (unpaired) electrons. The van der Waals surface area contributed by atoms with Gasteiger partial charge in [0.1, 0.15) is 17.3 Å². The number of nitrogens with one attached hydrogen (secondary N) is 2. The molecule has 22 heavy (non-hydrogen) atoms. The molecule has 2 aromatic rings. The first kappa shape index (κ1) is 15.9. The summed E-state index contributed by atoms with van der Waals surface area (Å²) in [5.41, 5.74) is 2.64. The highest BCUT2D eigenvalue weighted by molar-refractivity contribution is 5.92. The van der Waals surface area contributed by atoms with E-state index in [0.29, 0.717) is 23.9 Å². The van der Waals surface area contributed by atoms with Gasteiger partial charge in [-0.1, -0.05) is 29.8 Å². The molecule has 0 bridgehead atoms. The fourth-order valence-electron chi connectivity index (χ4n) is 2.03. The number of aromatic nitrogens is 2.